The Labute approximate surface area is 251 Å². The van der Waals surface area contributed by atoms with Gasteiger partial charge in [0.15, 0.2) is 11.6 Å². The second kappa shape index (κ2) is 12.2. The number of aryl methyl sites for hydroxylation is 1. The molecule has 1 aromatic carbocycles. The Morgan fingerprint density at radius 3 is 2.14 bits per heavy atom. The van der Waals surface area contributed by atoms with E-state index in [9.17, 15) is 18.4 Å². The predicted octanol–water partition coefficient (Wildman–Crippen LogP) is 5.72. The SMILES string of the molecule is CC(=O)NC(CCCCB1OC(C)(C)C(C)(C)O1)(C(=O)NC(C)(C)C)C1CCN(C2CCc3cc(F)c(F)cc32)CC1. The van der Waals surface area contributed by atoms with Gasteiger partial charge >= 0.3 is 7.12 Å². The standard InChI is InChI=1S/C32H50BF2N3O4/c1-21(39)36-32(28(40)37-29(2,3)4,15-9-10-16-33-41-30(5,6)31(7,8)42-33)23-13-17-38(18-14-23)27-12-11-22-19-25(34)26(35)20-24(22)27/h19-20,23,27H,9-18H2,1-8H3,(H,36,39)(H,37,40). The minimum absolute atomic E-state index is 0.0366. The molecule has 2 unspecified atom stereocenters. The number of carbonyl (C=O) groups is 2. The van der Waals surface area contributed by atoms with Crippen LogP contribution in [0.25, 0.3) is 0 Å². The van der Waals surface area contributed by atoms with E-state index in [0.717, 1.165) is 36.8 Å². The molecule has 3 aliphatic rings. The molecule has 2 fully saturated rings. The molecule has 2 N–H and O–H groups in total. The van der Waals surface area contributed by atoms with Crippen LogP contribution < -0.4 is 10.6 Å². The topological polar surface area (TPSA) is 79.9 Å². The Balaban J connectivity index is 1.48. The van der Waals surface area contributed by atoms with Crippen LogP contribution in [0.3, 0.4) is 0 Å². The number of unbranched alkanes of at least 4 members (excludes halogenated alkanes) is 1. The Hall–Kier alpha value is -2.04. The maximum atomic E-state index is 14.1. The lowest BCUT2D eigenvalue weighted by Crippen LogP contribution is -2.66. The molecule has 0 radical (unpaired) electrons. The first kappa shape index (κ1) is 32.9. The van der Waals surface area contributed by atoms with Gasteiger partial charge in [0, 0.05) is 18.5 Å². The van der Waals surface area contributed by atoms with Crippen LogP contribution in [0.5, 0.6) is 0 Å². The van der Waals surface area contributed by atoms with Crippen molar-refractivity contribution < 1.29 is 27.7 Å². The zero-order valence-corrected chi connectivity index (χ0v) is 26.8. The number of hydrogen-bond donors (Lipinski definition) is 2. The van der Waals surface area contributed by atoms with Gasteiger partial charge in [0.05, 0.1) is 11.2 Å². The molecule has 2 amide bonds. The number of rotatable bonds is 9. The summed E-state index contributed by atoms with van der Waals surface area (Å²) >= 11 is 0. The van der Waals surface area contributed by atoms with Crippen molar-refractivity contribution in [1.29, 1.82) is 0 Å². The molecule has 234 valence electrons. The van der Waals surface area contributed by atoms with Crippen molar-refractivity contribution in [3.63, 3.8) is 0 Å². The van der Waals surface area contributed by atoms with E-state index in [0.29, 0.717) is 38.7 Å². The third kappa shape index (κ3) is 7.02. The molecule has 0 bridgehead atoms. The van der Waals surface area contributed by atoms with Gasteiger partial charge in [0.2, 0.25) is 11.8 Å². The highest BCUT2D eigenvalue weighted by Crippen LogP contribution is 2.42. The van der Waals surface area contributed by atoms with Crippen LogP contribution in [0.4, 0.5) is 8.78 Å². The molecular formula is C32H50BF2N3O4. The summed E-state index contributed by atoms with van der Waals surface area (Å²) in [5.41, 5.74) is -0.550. The smallest absolute Gasteiger partial charge is 0.403 e. The van der Waals surface area contributed by atoms with E-state index in [2.05, 4.69) is 15.5 Å². The van der Waals surface area contributed by atoms with E-state index in [-0.39, 0.29) is 30.9 Å². The van der Waals surface area contributed by atoms with Crippen molar-refractivity contribution in [2.75, 3.05) is 13.1 Å². The number of fused-ring (bicyclic) bond motifs is 1. The van der Waals surface area contributed by atoms with Crippen molar-refractivity contribution in [3.8, 4) is 0 Å². The monoisotopic (exact) mass is 589 g/mol. The molecule has 1 aromatic rings. The molecule has 7 nitrogen and oxygen atoms in total. The van der Waals surface area contributed by atoms with Crippen LogP contribution in [0, 0.1) is 17.6 Å². The molecule has 2 heterocycles. The fraction of sp³-hybridized carbons (Fsp3) is 0.750. The Morgan fingerprint density at radius 1 is 0.976 bits per heavy atom. The predicted molar refractivity (Wildman–Crippen MR) is 161 cm³/mol. The average Bonchev–Trinajstić information content (AvgIpc) is 3.35. The Kier molecular flexibility index (Phi) is 9.52. The minimum atomic E-state index is -1.05. The number of piperidine rings is 1. The number of halogens is 2. The number of likely N-dealkylation sites (tertiary alicyclic amines) is 1. The lowest BCUT2D eigenvalue weighted by molar-refractivity contribution is -0.138. The van der Waals surface area contributed by atoms with E-state index in [1.807, 2.05) is 48.5 Å². The van der Waals surface area contributed by atoms with E-state index < -0.39 is 33.9 Å². The molecule has 2 aliphatic heterocycles. The molecule has 4 rings (SSSR count). The third-order valence-electron chi connectivity index (χ3n) is 9.75. The van der Waals surface area contributed by atoms with Crippen LogP contribution in [0.2, 0.25) is 6.32 Å². The summed E-state index contributed by atoms with van der Waals surface area (Å²) in [6, 6.07) is 2.72. The maximum Gasteiger partial charge on any atom is 0.457 e. The van der Waals surface area contributed by atoms with Crippen molar-refractivity contribution in [2.45, 2.75) is 135 Å². The number of benzene rings is 1. The highest BCUT2D eigenvalue weighted by Gasteiger charge is 2.51. The molecule has 2 saturated heterocycles. The van der Waals surface area contributed by atoms with Gasteiger partial charge in [-0.1, -0.05) is 12.8 Å². The van der Waals surface area contributed by atoms with Crippen LogP contribution in [-0.4, -0.2) is 59.2 Å². The maximum absolute atomic E-state index is 14.1. The van der Waals surface area contributed by atoms with Crippen LogP contribution in [0.15, 0.2) is 12.1 Å². The van der Waals surface area contributed by atoms with Gasteiger partial charge in [-0.3, -0.25) is 14.5 Å². The van der Waals surface area contributed by atoms with Crippen LogP contribution in [-0.2, 0) is 25.3 Å². The first-order valence-corrected chi connectivity index (χ1v) is 15.6. The van der Waals surface area contributed by atoms with Crippen molar-refractivity contribution in [3.05, 3.63) is 34.9 Å². The highest BCUT2D eigenvalue weighted by molar-refractivity contribution is 6.45. The first-order chi connectivity index (χ1) is 19.4. The quantitative estimate of drug-likeness (QED) is 0.285. The third-order valence-corrected chi connectivity index (χ3v) is 9.75. The molecule has 42 heavy (non-hydrogen) atoms. The number of carbonyl (C=O) groups excluding carboxylic acids is 2. The summed E-state index contributed by atoms with van der Waals surface area (Å²) in [7, 11) is -0.301. The Bertz CT molecular complexity index is 1150. The summed E-state index contributed by atoms with van der Waals surface area (Å²) in [5, 5.41) is 6.29. The lowest BCUT2D eigenvalue weighted by Gasteiger charge is -2.46. The van der Waals surface area contributed by atoms with E-state index >= 15 is 0 Å². The summed E-state index contributed by atoms with van der Waals surface area (Å²) in [6.45, 7) is 16.9. The summed E-state index contributed by atoms with van der Waals surface area (Å²) in [5.74, 6) is -2.04. The van der Waals surface area contributed by atoms with Crippen molar-refractivity contribution in [1.82, 2.24) is 15.5 Å². The molecular weight excluding hydrogens is 539 g/mol. The van der Waals surface area contributed by atoms with Gasteiger partial charge in [-0.05, 0) is 129 Å². The molecule has 2 atom stereocenters. The number of nitrogens with zero attached hydrogens (tertiary/aromatic N) is 1. The summed E-state index contributed by atoms with van der Waals surface area (Å²) in [4.78, 5) is 29.0. The fourth-order valence-electron chi connectivity index (χ4n) is 6.95. The normalized spacial score (nSPS) is 23.9. The second-order valence-electron chi connectivity index (χ2n) is 14.6. The van der Waals surface area contributed by atoms with Gasteiger partial charge in [-0.15, -0.1) is 0 Å². The molecule has 1 aliphatic carbocycles. The zero-order chi connectivity index (χ0) is 31.1. The second-order valence-corrected chi connectivity index (χ2v) is 14.6. The molecule has 0 saturated carbocycles. The first-order valence-electron chi connectivity index (χ1n) is 15.6. The van der Waals surface area contributed by atoms with Gasteiger partial charge in [0.1, 0.15) is 5.54 Å². The molecule has 0 aromatic heterocycles. The average molecular weight is 590 g/mol. The summed E-state index contributed by atoms with van der Waals surface area (Å²) in [6.07, 6.45) is 5.71. The van der Waals surface area contributed by atoms with Crippen LogP contribution >= 0.6 is 0 Å². The number of nitrogens with one attached hydrogen (secondary N) is 2. The van der Waals surface area contributed by atoms with Gasteiger partial charge in [-0.25, -0.2) is 8.78 Å². The van der Waals surface area contributed by atoms with Crippen LogP contribution in [0.1, 0.15) is 111 Å². The van der Waals surface area contributed by atoms with Gasteiger partial charge in [-0.2, -0.15) is 0 Å². The lowest BCUT2D eigenvalue weighted by atomic mass is 9.72. The fourth-order valence-corrected chi connectivity index (χ4v) is 6.95. The minimum Gasteiger partial charge on any atom is -0.403 e. The van der Waals surface area contributed by atoms with Gasteiger partial charge < -0.3 is 19.9 Å². The van der Waals surface area contributed by atoms with E-state index in [4.69, 9.17) is 9.31 Å². The van der Waals surface area contributed by atoms with E-state index in [1.54, 1.807) is 0 Å². The number of amides is 2. The largest absolute Gasteiger partial charge is 0.457 e. The van der Waals surface area contributed by atoms with Crippen molar-refractivity contribution in [2.24, 2.45) is 5.92 Å². The Morgan fingerprint density at radius 2 is 1.57 bits per heavy atom. The highest BCUT2D eigenvalue weighted by atomic mass is 19.2. The van der Waals surface area contributed by atoms with Crippen molar-refractivity contribution >= 4 is 18.9 Å². The zero-order valence-electron chi connectivity index (χ0n) is 26.8. The van der Waals surface area contributed by atoms with Gasteiger partial charge in [0.25, 0.3) is 0 Å². The molecule has 0 spiro atoms. The number of hydrogen-bond acceptors (Lipinski definition) is 5. The van der Waals surface area contributed by atoms with E-state index in [1.165, 1.54) is 19.1 Å². The summed E-state index contributed by atoms with van der Waals surface area (Å²) < 4.78 is 40.3. The molecule has 10 heteroatoms.